The third-order valence-corrected chi connectivity index (χ3v) is 4.70. The van der Waals surface area contributed by atoms with Gasteiger partial charge in [-0.15, -0.1) is 0 Å². The Labute approximate surface area is 150 Å². The molecular formula is C17H22BrNO5. The Morgan fingerprint density at radius 2 is 1.75 bits per heavy atom. The Morgan fingerprint density at radius 1 is 1.17 bits per heavy atom. The van der Waals surface area contributed by atoms with Gasteiger partial charge >= 0.3 is 5.97 Å². The lowest BCUT2D eigenvalue weighted by Crippen LogP contribution is -2.38. The number of ether oxygens (including phenoxy) is 3. The Bertz CT molecular complexity index is 613. The maximum Gasteiger partial charge on any atom is 0.311 e. The monoisotopic (exact) mass is 399 g/mol. The van der Waals surface area contributed by atoms with Gasteiger partial charge in [-0.05, 0) is 37.5 Å². The second kappa shape index (κ2) is 8.37. The molecule has 1 saturated heterocycles. The average molecular weight is 400 g/mol. The van der Waals surface area contributed by atoms with E-state index in [0.29, 0.717) is 17.1 Å². The Kier molecular flexibility index (Phi) is 6.48. The van der Waals surface area contributed by atoms with Crippen LogP contribution in [0.3, 0.4) is 0 Å². The lowest BCUT2D eigenvalue weighted by molar-refractivity contribution is -0.158. The highest BCUT2D eigenvalue weighted by atomic mass is 79.9. The van der Waals surface area contributed by atoms with Gasteiger partial charge in [-0.25, -0.2) is 0 Å². The van der Waals surface area contributed by atoms with Gasteiger partial charge < -0.3 is 19.1 Å². The summed E-state index contributed by atoms with van der Waals surface area (Å²) >= 11 is 3.41. The maximum atomic E-state index is 12.2. The van der Waals surface area contributed by atoms with Crippen LogP contribution in [0, 0.1) is 0 Å². The number of rotatable bonds is 6. The third-order valence-electron chi connectivity index (χ3n) is 3.96. The van der Waals surface area contributed by atoms with Crippen LogP contribution in [0.5, 0.6) is 11.5 Å². The first-order valence-corrected chi connectivity index (χ1v) is 8.64. The van der Waals surface area contributed by atoms with E-state index in [1.54, 1.807) is 31.1 Å². The molecule has 1 atom stereocenters. The molecule has 132 valence electrons. The van der Waals surface area contributed by atoms with Crippen LogP contribution in [0.1, 0.15) is 25.3 Å². The molecule has 0 radical (unpaired) electrons. The summed E-state index contributed by atoms with van der Waals surface area (Å²) in [5.74, 6) is 0.513. The molecule has 7 heteroatoms. The predicted octanol–water partition coefficient (Wildman–Crippen LogP) is 2.56. The molecule has 1 fully saturated rings. The lowest BCUT2D eigenvalue weighted by Gasteiger charge is -2.20. The van der Waals surface area contributed by atoms with E-state index in [1.807, 2.05) is 0 Å². The standard InChI is InChI=1S/C17H22BrNO5/c1-11(17(21)19-6-4-5-7-19)24-16(20)9-12-8-14(22-2)15(23-3)10-13(12)18/h8,10-11H,4-7,9H2,1-3H3/t11-/m1/s1. The minimum atomic E-state index is -0.769. The Hall–Kier alpha value is -1.76. The van der Waals surface area contributed by atoms with Gasteiger partial charge in [0, 0.05) is 17.6 Å². The van der Waals surface area contributed by atoms with Gasteiger partial charge in [-0.2, -0.15) is 0 Å². The minimum Gasteiger partial charge on any atom is -0.493 e. The summed E-state index contributed by atoms with van der Waals surface area (Å²) in [6.07, 6.45) is 1.28. The molecule has 1 aliphatic rings. The molecule has 0 aliphatic carbocycles. The zero-order chi connectivity index (χ0) is 17.7. The fraction of sp³-hybridized carbons (Fsp3) is 0.529. The lowest BCUT2D eigenvalue weighted by atomic mass is 10.1. The number of amides is 1. The van der Waals surface area contributed by atoms with Crippen molar-refractivity contribution >= 4 is 27.8 Å². The number of benzene rings is 1. The number of carbonyl (C=O) groups is 2. The van der Waals surface area contributed by atoms with E-state index in [2.05, 4.69) is 15.9 Å². The van der Waals surface area contributed by atoms with Crippen LogP contribution < -0.4 is 9.47 Å². The van der Waals surface area contributed by atoms with Crippen LogP contribution in [0.15, 0.2) is 16.6 Å². The fourth-order valence-corrected chi connectivity index (χ4v) is 3.13. The predicted molar refractivity (Wildman–Crippen MR) is 92.3 cm³/mol. The molecule has 0 N–H and O–H groups in total. The van der Waals surface area contributed by atoms with Crippen molar-refractivity contribution in [2.75, 3.05) is 27.3 Å². The first kappa shape index (κ1) is 18.6. The van der Waals surface area contributed by atoms with E-state index in [0.717, 1.165) is 30.4 Å². The molecule has 1 aromatic rings. The number of carbonyl (C=O) groups excluding carboxylic acids is 2. The number of halogens is 1. The summed E-state index contributed by atoms with van der Waals surface area (Å²) in [5.41, 5.74) is 0.707. The average Bonchev–Trinajstić information content (AvgIpc) is 3.09. The highest BCUT2D eigenvalue weighted by Crippen LogP contribution is 2.33. The quantitative estimate of drug-likeness (QED) is 0.687. The Morgan fingerprint density at radius 3 is 2.33 bits per heavy atom. The summed E-state index contributed by atoms with van der Waals surface area (Å²) in [6.45, 7) is 3.09. The zero-order valence-electron chi connectivity index (χ0n) is 14.1. The van der Waals surface area contributed by atoms with Crippen LogP contribution in [-0.2, 0) is 20.7 Å². The number of methoxy groups -OCH3 is 2. The van der Waals surface area contributed by atoms with Crippen molar-refractivity contribution < 1.29 is 23.8 Å². The molecule has 1 aromatic carbocycles. The first-order chi connectivity index (χ1) is 11.5. The van der Waals surface area contributed by atoms with Crippen molar-refractivity contribution in [1.29, 1.82) is 0 Å². The van der Waals surface area contributed by atoms with Crippen molar-refractivity contribution in [1.82, 2.24) is 4.90 Å². The molecule has 0 saturated carbocycles. The summed E-state index contributed by atoms with van der Waals surface area (Å²) in [6, 6.07) is 3.46. The van der Waals surface area contributed by atoms with Crippen molar-refractivity contribution in [2.24, 2.45) is 0 Å². The summed E-state index contributed by atoms with van der Waals surface area (Å²) in [5, 5.41) is 0. The molecule has 2 rings (SSSR count). The van der Waals surface area contributed by atoms with Crippen LogP contribution in [0.2, 0.25) is 0 Å². The first-order valence-electron chi connectivity index (χ1n) is 7.85. The number of nitrogens with zero attached hydrogens (tertiary/aromatic N) is 1. The number of hydrogen-bond donors (Lipinski definition) is 0. The number of hydrogen-bond acceptors (Lipinski definition) is 5. The van der Waals surface area contributed by atoms with Crippen molar-refractivity contribution in [2.45, 2.75) is 32.3 Å². The number of likely N-dealkylation sites (tertiary alicyclic amines) is 1. The Balaban J connectivity index is 2.00. The number of esters is 1. The van der Waals surface area contributed by atoms with E-state index in [4.69, 9.17) is 14.2 Å². The van der Waals surface area contributed by atoms with Crippen molar-refractivity contribution in [3.63, 3.8) is 0 Å². The molecule has 1 aliphatic heterocycles. The molecule has 1 heterocycles. The highest BCUT2D eigenvalue weighted by molar-refractivity contribution is 9.10. The van der Waals surface area contributed by atoms with Gasteiger partial charge in [0.2, 0.25) is 0 Å². The summed E-state index contributed by atoms with van der Waals surface area (Å²) < 4.78 is 16.5. The van der Waals surface area contributed by atoms with Crippen LogP contribution in [-0.4, -0.2) is 50.2 Å². The van der Waals surface area contributed by atoms with E-state index >= 15 is 0 Å². The van der Waals surface area contributed by atoms with E-state index in [-0.39, 0.29) is 12.3 Å². The van der Waals surface area contributed by atoms with Gasteiger partial charge in [0.15, 0.2) is 17.6 Å². The molecule has 0 aromatic heterocycles. The summed E-state index contributed by atoms with van der Waals surface area (Å²) in [7, 11) is 3.08. The normalized spacial score (nSPS) is 15.1. The maximum absolute atomic E-state index is 12.2. The molecule has 1 amide bonds. The van der Waals surface area contributed by atoms with Crippen LogP contribution in [0.25, 0.3) is 0 Å². The molecule has 0 bridgehead atoms. The second-order valence-electron chi connectivity index (χ2n) is 5.64. The molecule has 0 spiro atoms. The highest BCUT2D eigenvalue weighted by Gasteiger charge is 2.26. The van der Waals surface area contributed by atoms with Crippen molar-refractivity contribution in [3.8, 4) is 11.5 Å². The van der Waals surface area contributed by atoms with Gasteiger partial charge in [0.1, 0.15) is 0 Å². The zero-order valence-corrected chi connectivity index (χ0v) is 15.7. The molecule has 6 nitrogen and oxygen atoms in total. The van der Waals surface area contributed by atoms with Gasteiger partial charge in [-0.3, -0.25) is 9.59 Å². The second-order valence-corrected chi connectivity index (χ2v) is 6.49. The van der Waals surface area contributed by atoms with E-state index in [9.17, 15) is 9.59 Å². The smallest absolute Gasteiger partial charge is 0.311 e. The molecule has 0 unspecified atom stereocenters. The largest absolute Gasteiger partial charge is 0.493 e. The van der Waals surface area contributed by atoms with Gasteiger partial charge in [0.25, 0.3) is 5.91 Å². The third kappa shape index (κ3) is 4.41. The van der Waals surface area contributed by atoms with Gasteiger partial charge in [-0.1, -0.05) is 15.9 Å². The van der Waals surface area contributed by atoms with Gasteiger partial charge in [0.05, 0.1) is 20.6 Å². The topological polar surface area (TPSA) is 65.1 Å². The van der Waals surface area contributed by atoms with E-state index in [1.165, 1.54) is 7.11 Å². The molecule has 24 heavy (non-hydrogen) atoms. The SMILES string of the molecule is COc1cc(Br)c(CC(=O)O[C@H](C)C(=O)N2CCCC2)cc1OC. The molecular weight excluding hydrogens is 378 g/mol. The fourth-order valence-electron chi connectivity index (χ4n) is 2.67. The van der Waals surface area contributed by atoms with Crippen molar-refractivity contribution in [3.05, 3.63) is 22.2 Å². The van der Waals surface area contributed by atoms with E-state index < -0.39 is 12.1 Å². The van der Waals surface area contributed by atoms with Crippen LogP contribution in [0.4, 0.5) is 0 Å². The summed E-state index contributed by atoms with van der Waals surface area (Å²) in [4.78, 5) is 26.1. The minimum absolute atomic E-state index is 0.0402. The van der Waals surface area contributed by atoms with Crippen LogP contribution >= 0.6 is 15.9 Å².